The Morgan fingerprint density at radius 2 is 2.00 bits per heavy atom. The Bertz CT molecular complexity index is 388. The molecule has 3 heteroatoms. The van der Waals surface area contributed by atoms with Crippen molar-refractivity contribution in [1.29, 1.82) is 0 Å². The van der Waals surface area contributed by atoms with Crippen LogP contribution in [0.25, 0.3) is 0 Å². The Hall–Kier alpha value is -0.590. The zero-order valence-electron chi connectivity index (χ0n) is 11.1. The average Bonchev–Trinajstić information content (AvgIpc) is 2.30. The van der Waals surface area contributed by atoms with Crippen molar-refractivity contribution in [2.75, 3.05) is 12.8 Å². The van der Waals surface area contributed by atoms with E-state index in [-0.39, 0.29) is 0 Å². The molecule has 0 amide bonds. The van der Waals surface area contributed by atoms with Gasteiger partial charge in [-0.2, -0.15) is 0 Å². The summed E-state index contributed by atoms with van der Waals surface area (Å²) in [6.45, 7) is 6.78. The molecule has 1 rings (SSSR count). The summed E-state index contributed by atoms with van der Waals surface area (Å²) in [6, 6.07) is 7.89. The van der Waals surface area contributed by atoms with E-state index in [0.29, 0.717) is 12.8 Å². The highest BCUT2D eigenvalue weighted by atomic mass is 31.2. The van der Waals surface area contributed by atoms with Crippen molar-refractivity contribution >= 4 is 12.7 Å². The molecule has 0 saturated heterocycles. The third-order valence-corrected chi connectivity index (χ3v) is 5.41. The van der Waals surface area contributed by atoms with Gasteiger partial charge >= 0.3 is 0 Å². The van der Waals surface area contributed by atoms with E-state index in [2.05, 4.69) is 6.92 Å². The van der Waals surface area contributed by atoms with Gasteiger partial charge in [-0.15, -0.1) is 0 Å². The van der Waals surface area contributed by atoms with E-state index in [9.17, 15) is 4.57 Å². The van der Waals surface area contributed by atoms with E-state index >= 15 is 0 Å². The molecule has 0 N–H and O–H groups in total. The highest BCUT2D eigenvalue weighted by molar-refractivity contribution is 7.67. The first-order valence-electron chi connectivity index (χ1n) is 6.43. The topological polar surface area (TPSA) is 26.3 Å². The summed E-state index contributed by atoms with van der Waals surface area (Å²) in [5.41, 5.74) is 1.14. The number of hydrogen-bond acceptors (Lipinski definition) is 2. The quantitative estimate of drug-likeness (QED) is 0.540. The summed E-state index contributed by atoms with van der Waals surface area (Å²) in [4.78, 5) is 0. The van der Waals surface area contributed by atoms with E-state index in [0.717, 1.165) is 30.1 Å². The molecule has 1 aromatic rings. The van der Waals surface area contributed by atoms with Crippen LogP contribution in [-0.4, -0.2) is 12.8 Å². The van der Waals surface area contributed by atoms with Crippen LogP contribution in [0.5, 0.6) is 0 Å². The van der Waals surface area contributed by atoms with Crippen molar-refractivity contribution < 1.29 is 9.09 Å². The van der Waals surface area contributed by atoms with Gasteiger partial charge in [-0.1, -0.05) is 38.0 Å². The van der Waals surface area contributed by atoms with Crippen molar-refractivity contribution in [3.05, 3.63) is 29.8 Å². The third kappa shape index (κ3) is 4.29. The minimum atomic E-state index is -2.63. The van der Waals surface area contributed by atoms with E-state index < -0.39 is 7.37 Å². The number of aryl methyl sites for hydroxylation is 1. The van der Waals surface area contributed by atoms with Crippen LogP contribution < -0.4 is 5.30 Å². The molecule has 0 saturated carbocycles. The SMILES string of the molecule is CCCCOP(=O)(CCC)c1cccc(C)c1. The highest BCUT2D eigenvalue weighted by Gasteiger charge is 2.24. The van der Waals surface area contributed by atoms with Crippen LogP contribution in [0.1, 0.15) is 38.7 Å². The lowest BCUT2D eigenvalue weighted by Gasteiger charge is -2.18. The molecule has 0 aliphatic rings. The van der Waals surface area contributed by atoms with Gasteiger partial charge in [0, 0.05) is 11.5 Å². The zero-order valence-corrected chi connectivity index (χ0v) is 12.0. The van der Waals surface area contributed by atoms with Gasteiger partial charge in [-0.25, -0.2) is 0 Å². The molecular weight excluding hydrogens is 231 g/mol. The van der Waals surface area contributed by atoms with Crippen LogP contribution in [0.2, 0.25) is 0 Å². The lowest BCUT2D eigenvalue weighted by atomic mass is 10.2. The summed E-state index contributed by atoms with van der Waals surface area (Å²) in [7, 11) is -2.63. The minimum absolute atomic E-state index is 0.599. The molecule has 17 heavy (non-hydrogen) atoms. The lowest BCUT2D eigenvalue weighted by Crippen LogP contribution is -2.11. The number of hydrogen-bond donors (Lipinski definition) is 0. The van der Waals surface area contributed by atoms with Gasteiger partial charge in [0.25, 0.3) is 0 Å². The van der Waals surface area contributed by atoms with Crippen LogP contribution in [0.3, 0.4) is 0 Å². The van der Waals surface area contributed by atoms with E-state index in [1.165, 1.54) is 0 Å². The molecule has 0 heterocycles. The molecule has 0 aromatic heterocycles. The predicted octanol–water partition coefficient (Wildman–Crippen LogP) is 4.13. The van der Waals surface area contributed by atoms with Gasteiger partial charge in [0.2, 0.25) is 7.37 Å². The molecule has 1 aromatic carbocycles. The van der Waals surface area contributed by atoms with Gasteiger partial charge < -0.3 is 4.52 Å². The summed E-state index contributed by atoms with van der Waals surface area (Å²) in [5.74, 6) is 0. The fraction of sp³-hybridized carbons (Fsp3) is 0.571. The number of rotatable bonds is 7. The first kappa shape index (κ1) is 14.5. The van der Waals surface area contributed by atoms with Crippen LogP contribution in [0.15, 0.2) is 24.3 Å². The Balaban J connectivity index is 2.86. The molecule has 0 aliphatic carbocycles. The largest absolute Gasteiger partial charge is 0.325 e. The first-order valence-corrected chi connectivity index (χ1v) is 8.24. The number of unbranched alkanes of at least 4 members (excludes halogenated alkanes) is 1. The molecule has 0 aliphatic heterocycles. The monoisotopic (exact) mass is 254 g/mol. The minimum Gasteiger partial charge on any atom is -0.325 e. The summed E-state index contributed by atoms with van der Waals surface area (Å²) in [6.07, 6.45) is 3.57. The van der Waals surface area contributed by atoms with Crippen molar-refractivity contribution in [3.63, 3.8) is 0 Å². The molecule has 0 fully saturated rings. The van der Waals surface area contributed by atoms with Crippen LogP contribution in [0.4, 0.5) is 0 Å². The summed E-state index contributed by atoms with van der Waals surface area (Å²) in [5, 5.41) is 0.871. The third-order valence-electron chi connectivity index (χ3n) is 2.71. The zero-order chi connectivity index (χ0) is 12.7. The second kappa shape index (κ2) is 6.98. The van der Waals surface area contributed by atoms with Crippen molar-refractivity contribution in [1.82, 2.24) is 0 Å². The molecule has 1 unspecified atom stereocenters. The van der Waals surface area contributed by atoms with Gasteiger partial charge in [0.15, 0.2) is 0 Å². The normalized spacial score (nSPS) is 14.5. The maximum atomic E-state index is 12.8. The molecule has 0 bridgehead atoms. The van der Waals surface area contributed by atoms with Crippen molar-refractivity contribution in [2.45, 2.75) is 40.0 Å². The Labute approximate surface area is 105 Å². The smallest absolute Gasteiger partial charge is 0.232 e. The van der Waals surface area contributed by atoms with Gasteiger partial charge in [-0.3, -0.25) is 4.57 Å². The summed E-state index contributed by atoms with van der Waals surface area (Å²) < 4.78 is 18.5. The fourth-order valence-corrected chi connectivity index (χ4v) is 4.02. The van der Waals surface area contributed by atoms with E-state index in [1.54, 1.807) is 0 Å². The average molecular weight is 254 g/mol. The van der Waals surface area contributed by atoms with Crippen molar-refractivity contribution in [2.24, 2.45) is 0 Å². The molecule has 1 atom stereocenters. The molecular formula is C14H23O2P. The maximum absolute atomic E-state index is 12.8. The second-order valence-electron chi connectivity index (χ2n) is 4.42. The fourth-order valence-electron chi connectivity index (χ4n) is 1.76. The van der Waals surface area contributed by atoms with Gasteiger partial charge in [0.1, 0.15) is 0 Å². The summed E-state index contributed by atoms with van der Waals surface area (Å²) >= 11 is 0. The number of benzene rings is 1. The molecule has 0 radical (unpaired) electrons. The Morgan fingerprint density at radius 3 is 2.59 bits per heavy atom. The standard InChI is InChI=1S/C14H23O2P/c1-4-6-10-16-17(15,11-5-2)14-9-7-8-13(3)12-14/h7-9,12H,4-6,10-11H2,1-3H3. The second-order valence-corrected chi connectivity index (χ2v) is 6.99. The predicted molar refractivity (Wildman–Crippen MR) is 74.4 cm³/mol. The van der Waals surface area contributed by atoms with Gasteiger partial charge in [0.05, 0.1) is 6.61 Å². The Morgan fingerprint density at radius 1 is 1.24 bits per heavy atom. The molecule has 0 spiro atoms. The van der Waals surface area contributed by atoms with E-state index in [1.807, 2.05) is 38.1 Å². The maximum Gasteiger partial charge on any atom is 0.232 e. The lowest BCUT2D eigenvalue weighted by molar-refractivity contribution is 0.312. The van der Waals surface area contributed by atoms with Crippen molar-refractivity contribution in [3.8, 4) is 0 Å². The Kier molecular flexibility index (Phi) is 5.94. The molecule has 96 valence electrons. The highest BCUT2D eigenvalue weighted by Crippen LogP contribution is 2.46. The first-order chi connectivity index (χ1) is 8.12. The van der Waals surface area contributed by atoms with Crippen LogP contribution >= 0.6 is 7.37 Å². The van der Waals surface area contributed by atoms with Crippen LogP contribution in [0, 0.1) is 6.92 Å². The molecule has 2 nitrogen and oxygen atoms in total. The van der Waals surface area contributed by atoms with E-state index in [4.69, 9.17) is 4.52 Å². The van der Waals surface area contributed by atoms with Crippen LogP contribution in [-0.2, 0) is 9.09 Å². The van der Waals surface area contributed by atoms with Gasteiger partial charge in [-0.05, 0) is 31.9 Å².